The fraction of sp³-hybridized carbons (Fsp3) is 0.241. The number of aromatic nitrogens is 2. The van der Waals surface area contributed by atoms with Gasteiger partial charge in [-0.2, -0.15) is 10.2 Å². The Morgan fingerprint density at radius 3 is 2.15 bits per heavy atom. The molecule has 5 rings (SSSR count). The van der Waals surface area contributed by atoms with Crippen LogP contribution in [0.1, 0.15) is 11.3 Å². The Bertz CT molecular complexity index is 1460. The SMILES string of the molecule is Cc1ccc(-c2ccc3c(c2)CN(C)CCN3c2ccc3ccccc3c2)nn1.O=C(O)[C@H](O)[C@@H](O)C(=O)O. The van der Waals surface area contributed by atoms with Crippen LogP contribution in [0.2, 0.25) is 0 Å². The normalized spacial score (nSPS) is 14.9. The maximum atomic E-state index is 9.77. The van der Waals surface area contributed by atoms with Gasteiger partial charge in [-0.15, -0.1) is 0 Å². The number of rotatable bonds is 5. The lowest BCUT2D eigenvalue weighted by molar-refractivity contribution is -0.165. The number of anilines is 2. The van der Waals surface area contributed by atoms with Crippen molar-refractivity contribution in [3.05, 3.63) is 84.1 Å². The van der Waals surface area contributed by atoms with E-state index < -0.39 is 24.1 Å². The minimum absolute atomic E-state index is 0.919. The van der Waals surface area contributed by atoms with E-state index in [-0.39, 0.29) is 0 Å². The number of likely N-dealkylation sites (N-methyl/N-ethyl adjacent to an activating group) is 1. The van der Waals surface area contributed by atoms with Crippen molar-refractivity contribution in [2.24, 2.45) is 0 Å². The van der Waals surface area contributed by atoms with Gasteiger partial charge >= 0.3 is 11.9 Å². The van der Waals surface area contributed by atoms with E-state index in [1.165, 1.54) is 27.7 Å². The third-order valence-electron chi connectivity index (χ3n) is 6.46. The van der Waals surface area contributed by atoms with Crippen molar-refractivity contribution < 1.29 is 30.0 Å². The highest BCUT2D eigenvalue weighted by Crippen LogP contribution is 2.35. The van der Waals surface area contributed by atoms with Crippen molar-refractivity contribution in [3.8, 4) is 11.3 Å². The molecule has 3 aromatic carbocycles. The molecule has 0 spiro atoms. The first kappa shape index (κ1) is 27.6. The van der Waals surface area contributed by atoms with E-state index in [9.17, 15) is 9.59 Å². The molecule has 0 radical (unpaired) electrons. The molecule has 0 amide bonds. The second kappa shape index (κ2) is 12.0. The number of aliphatic hydroxyl groups excluding tert-OH is 2. The summed E-state index contributed by atoms with van der Waals surface area (Å²) < 4.78 is 0. The number of aliphatic carboxylic acids is 2. The summed E-state index contributed by atoms with van der Waals surface area (Å²) in [4.78, 5) is 24.4. The van der Waals surface area contributed by atoms with Gasteiger partial charge in [-0.05, 0) is 66.7 Å². The second-order valence-electron chi connectivity index (χ2n) is 9.39. The van der Waals surface area contributed by atoms with Crippen molar-refractivity contribution in [2.45, 2.75) is 25.7 Å². The maximum Gasteiger partial charge on any atom is 0.335 e. The van der Waals surface area contributed by atoms with Crippen LogP contribution >= 0.6 is 0 Å². The first-order valence-electron chi connectivity index (χ1n) is 12.3. The number of carboxylic acid groups (broad SMARTS) is 2. The maximum absolute atomic E-state index is 9.77. The van der Waals surface area contributed by atoms with Crippen molar-refractivity contribution in [3.63, 3.8) is 0 Å². The number of nitrogens with zero attached hydrogens (tertiary/aromatic N) is 4. The van der Waals surface area contributed by atoms with E-state index in [0.717, 1.165) is 36.6 Å². The third kappa shape index (κ3) is 6.55. The van der Waals surface area contributed by atoms with Crippen molar-refractivity contribution in [1.82, 2.24) is 15.1 Å². The Balaban J connectivity index is 0.000000303. The fourth-order valence-electron chi connectivity index (χ4n) is 4.33. The zero-order valence-electron chi connectivity index (χ0n) is 21.6. The molecule has 202 valence electrons. The standard InChI is InChI=1S/C25H24N4.C4H6O6/c1-18-7-11-24(27-26-18)21-9-12-25-22(15-21)17-28(2)13-14-29(25)23-10-8-19-5-3-4-6-20(19)16-23;5-1(3(7)8)2(6)4(9)10/h3-12,15-16H,13-14,17H2,1-2H3;1-2,5-6H,(H,7,8)(H,9,10)/t;1-,2-/m.1/s1. The average Bonchev–Trinajstić information content (AvgIpc) is 3.10. The minimum Gasteiger partial charge on any atom is -0.479 e. The molecule has 0 saturated heterocycles. The number of hydrogen-bond donors (Lipinski definition) is 4. The Kier molecular flexibility index (Phi) is 8.50. The molecule has 39 heavy (non-hydrogen) atoms. The van der Waals surface area contributed by atoms with Gasteiger partial charge in [-0.3, -0.25) is 0 Å². The number of benzene rings is 3. The fourth-order valence-corrected chi connectivity index (χ4v) is 4.33. The first-order chi connectivity index (χ1) is 18.6. The highest BCUT2D eigenvalue weighted by Gasteiger charge is 2.29. The van der Waals surface area contributed by atoms with Gasteiger partial charge in [0, 0.05) is 36.6 Å². The summed E-state index contributed by atoms with van der Waals surface area (Å²) >= 11 is 0. The van der Waals surface area contributed by atoms with Gasteiger partial charge in [0.05, 0.1) is 11.4 Å². The smallest absolute Gasteiger partial charge is 0.335 e. The number of carbonyl (C=O) groups is 2. The summed E-state index contributed by atoms with van der Waals surface area (Å²) in [6.45, 7) is 4.86. The number of fused-ring (bicyclic) bond motifs is 2. The van der Waals surface area contributed by atoms with Crippen molar-refractivity contribution in [2.75, 3.05) is 25.0 Å². The zero-order valence-corrected chi connectivity index (χ0v) is 21.6. The number of hydrogen-bond acceptors (Lipinski definition) is 8. The molecule has 10 heteroatoms. The molecule has 1 aliphatic heterocycles. The lowest BCUT2D eigenvalue weighted by Gasteiger charge is -2.25. The number of aryl methyl sites for hydroxylation is 1. The second-order valence-corrected chi connectivity index (χ2v) is 9.39. The highest BCUT2D eigenvalue weighted by molar-refractivity contribution is 5.87. The summed E-state index contributed by atoms with van der Waals surface area (Å²) in [6, 6.07) is 26.0. The molecule has 0 saturated carbocycles. The molecular formula is C29H30N4O6. The van der Waals surface area contributed by atoms with E-state index in [1.54, 1.807) is 0 Å². The van der Waals surface area contributed by atoms with Gasteiger partial charge in [0.25, 0.3) is 0 Å². The van der Waals surface area contributed by atoms with Gasteiger partial charge in [0.2, 0.25) is 0 Å². The van der Waals surface area contributed by atoms with Gasteiger partial charge in [0.15, 0.2) is 12.2 Å². The lowest BCUT2D eigenvalue weighted by atomic mass is 10.0. The Morgan fingerprint density at radius 1 is 0.821 bits per heavy atom. The number of carboxylic acids is 2. The monoisotopic (exact) mass is 530 g/mol. The van der Waals surface area contributed by atoms with Crippen molar-refractivity contribution >= 4 is 34.1 Å². The molecular weight excluding hydrogens is 500 g/mol. The molecule has 2 atom stereocenters. The summed E-state index contributed by atoms with van der Waals surface area (Å²) in [5.74, 6) is -3.54. The van der Waals surface area contributed by atoms with E-state index in [4.69, 9.17) is 20.4 Å². The Morgan fingerprint density at radius 2 is 1.51 bits per heavy atom. The molecule has 0 fully saturated rings. The summed E-state index contributed by atoms with van der Waals surface area (Å²) in [5, 5.41) is 43.7. The minimum atomic E-state index is -2.27. The van der Waals surface area contributed by atoms with Crippen LogP contribution in [0.5, 0.6) is 0 Å². The molecule has 1 aromatic heterocycles. The van der Waals surface area contributed by atoms with Crippen molar-refractivity contribution in [1.29, 1.82) is 0 Å². The van der Waals surface area contributed by atoms with Gasteiger partial charge in [-0.25, -0.2) is 9.59 Å². The van der Waals surface area contributed by atoms with Gasteiger partial charge in [-0.1, -0.05) is 36.4 Å². The van der Waals surface area contributed by atoms with Crippen LogP contribution in [0.4, 0.5) is 11.4 Å². The molecule has 0 unspecified atom stereocenters. The molecule has 0 bridgehead atoms. The molecule has 0 aliphatic carbocycles. The predicted molar refractivity (Wildman–Crippen MR) is 147 cm³/mol. The average molecular weight is 531 g/mol. The van der Waals surface area contributed by atoms with Gasteiger partial charge in [0.1, 0.15) is 0 Å². The molecule has 2 heterocycles. The Hall–Kier alpha value is -4.38. The highest BCUT2D eigenvalue weighted by atomic mass is 16.4. The van der Waals surface area contributed by atoms with Crippen LogP contribution in [0.15, 0.2) is 72.8 Å². The van der Waals surface area contributed by atoms with Crippen LogP contribution in [-0.4, -0.2) is 79.8 Å². The third-order valence-corrected chi connectivity index (χ3v) is 6.46. The van der Waals surface area contributed by atoms with Crippen LogP contribution in [0, 0.1) is 6.92 Å². The van der Waals surface area contributed by atoms with Crippen LogP contribution < -0.4 is 4.90 Å². The molecule has 4 N–H and O–H groups in total. The number of aliphatic hydroxyl groups is 2. The zero-order chi connectivity index (χ0) is 28.1. The largest absolute Gasteiger partial charge is 0.479 e. The van der Waals surface area contributed by atoms with E-state index >= 15 is 0 Å². The molecule has 10 nitrogen and oxygen atoms in total. The lowest BCUT2D eigenvalue weighted by Crippen LogP contribution is -2.39. The predicted octanol–water partition coefficient (Wildman–Crippen LogP) is 3.07. The van der Waals surface area contributed by atoms with E-state index in [1.807, 2.05) is 19.1 Å². The van der Waals surface area contributed by atoms with Crippen LogP contribution in [0.3, 0.4) is 0 Å². The molecule has 4 aromatic rings. The topological polar surface area (TPSA) is 147 Å². The van der Waals surface area contributed by atoms with E-state index in [2.05, 4.69) is 87.7 Å². The van der Waals surface area contributed by atoms with Gasteiger partial charge < -0.3 is 30.2 Å². The summed E-state index contributed by atoms with van der Waals surface area (Å²) in [7, 11) is 2.19. The summed E-state index contributed by atoms with van der Waals surface area (Å²) in [6.07, 6.45) is -4.53. The Labute approximate surface area is 225 Å². The van der Waals surface area contributed by atoms with Crippen LogP contribution in [0.25, 0.3) is 22.0 Å². The van der Waals surface area contributed by atoms with Crippen LogP contribution in [-0.2, 0) is 16.1 Å². The quantitative estimate of drug-likeness (QED) is 0.303. The first-order valence-corrected chi connectivity index (χ1v) is 12.3. The summed E-state index contributed by atoms with van der Waals surface area (Å²) in [5.41, 5.74) is 6.80. The van der Waals surface area contributed by atoms with E-state index in [0.29, 0.717) is 0 Å². The molecule has 1 aliphatic rings.